The Bertz CT molecular complexity index is 782. The Labute approximate surface area is 155 Å². The third-order valence-corrected chi connectivity index (χ3v) is 4.72. The maximum Gasteiger partial charge on any atom is 0.342 e. The Kier molecular flexibility index (Phi) is 4.99. The summed E-state index contributed by atoms with van der Waals surface area (Å²) in [4.78, 5) is 11.9. The van der Waals surface area contributed by atoms with Crippen molar-refractivity contribution in [2.45, 2.75) is 12.8 Å². The van der Waals surface area contributed by atoms with Crippen LogP contribution in [0.15, 0.2) is 41.5 Å². The molecule has 2 aromatic carbocycles. The molecule has 0 bridgehead atoms. The average Bonchev–Trinajstić information content (AvgIpc) is 2.55. The van der Waals surface area contributed by atoms with Crippen LogP contribution < -0.4 is 10.3 Å². The lowest BCUT2D eigenvalue weighted by molar-refractivity contribution is 0.247. The molecule has 0 saturated carbocycles. The quantitative estimate of drug-likeness (QED) is 0.767. The zero-order valence-electron chi connectivity index (χ0n) is 12.8. The van der Waals surface area contributed by atoms with Gasteiger partial charge in [-0.3, -0.25) is 0 Å². The monoisotopic (exact) mass is 381 g/mol. The molecule has 0 aliphatic carbocycles. The predicted molar refractivity (Wildman–Crippen MR) is 99.8 cm³/mol. The van der Waals surface area contributed by atoms with Crippen LogP contribution in [0.1, 0.15) is 24.0 Å². The summed E-state index contributed by atoms with van der Waals surface area (Å²) in [7, 11) is 0. The number of rotatable bonds is 3. The van der Waals surface area contributed by atoms with Crippen LogP contribution in [0.2, 0.25) is 15.1 Å². The van der Waals surface area contributed by atoms with E-state index in [4.69, 9.17) is 34.8 Å². The van der Waals surface area contributed by atoms with Gasteiger partial charge in [-0.05, 0) is 35.4 Å². The first kappa shape index (κ1) is 17.1. The molecule has 0 fully saturated rings. The molecule has 124 valence electrons. The first-order valence-electron chi connectivity index (χ1n) is 7.32. The highest BCUT2D eigenvalue weighted by atomic mass is 35.5. The molecule has 4 nitrogen and oxygen atoms in total. The van der Waals surface area contributed by atoms with Crippen LogP contribution in [-0.2, 0) is 0 Å². The Morgan fingerprint density at radius 1 is 1.12 bits per heavy atom. The number of anilines is 1. The fraction of sp³-hybridized carbons (Fsp3) is 0.176. The van der Waals surface area contributed by atoms with Gasteiger partial charge in [-0.2, -0.15) is 10.1 Å². The van der Waals surface area contributed by atoms with Crippen molar-refractivity contribution >= 4 is 52.7 Å². The van der Waals surface area contributed by atoms with Crippen molar-refractivity contribution in [1.82, 2.24) is 5.32 Å². The summed E-state index contributed by atoms with van der Waals surface area (Å²) in [6.45, 7) is 2.42. The van der Waals surface area contributed by atoms with Crippen LogP contribution >= 0.6 is 34.8 Å². The molecule has 1 aliphatic heterocycles. The second kappa shape index (κ2) is 7.01. The molecule has 1 aliphatic rings. The SMILES string of the molecule is CC(c1ccc(Cl)cc1)c1c(Cl)cc(N2N=CCNC2=O)cc1Cl. The molecule has 0 spiro atoms. The van der Waals surface area contributed by atoms with Gasteiger partial charge in [-0.15, -0.1) is 0 Å². The number of hydrazone groups is 1. The predicted octanol–water partition coefficient (Wildman–Crippen LogP) is 5.31. The molecule has 1 atom stereocenters. The Hall–Kier alpha value is -1.75. The molecular weight excluding hydrogens is 369 g/mol. The lowest BCUT2D eigenvalue weighted by atomic mass is 9.93. The van der Waals surface area contributed by atoms with Crippen molar-refractivity contribution in [3.63, 3.8) is 0 Å². The van der Waals surface area contributed by atoms with Crippen molar-refractivity contribution < 1.29 is 4.79 Å². The zero-order valence-corrected chi connectivity index (χ0v) is 15.0. The maximum atomic E-state index is 11.9. The van der Waals surface area contributed by atoms with Crippen LogP contribution in [0.5, 0.6) is 0 Å². The second-order valence-electron chi connectivity index (χ2n) is 5.39. The van der Waals surface area contributed by atoms with Crippen molar-refractivity contribution in [2.24, 2.45) is 5.10 Å². The van der Waals surface area contributed by atoms with Crippen molar-refractivity contribution in [1.29, 1.82) is 0 Å². The van der Waals surface area contributed by atoms with Crippen molar-refractivity contribution in [3.05, 3.63) is 62.6 Å². The molecule has 1 heterocycles. The van der Waals surface area contributed by atoms with Crippen LogP contribution in [-0.4, -0.2) is 18.8 Å². The summed E-state index contributed by atoms with van der Waals surface area (Å²) in [6, 6.07) is 10.6. The third-order valence-electron chi connectivity index (χ3n) is 3.85. The molecule has 7 heteroatoms. The van der Waals surface area contributed by atoms with E-state index in [0.29, 0.717) is 27.3 Å². The molecule has 1 N–H and O–H groups in total. The molecule has 0 radical (unpaired) electrons. The van der Waals surface area contributed by atoms with Gasteiger partial charge in [0.1, 0.15) is 0 Å². The number of amides is 2. The highest BCUT2D eigenvalue weighted by molar-refractivity contribution is 6.36. The molecule has 24 heavy (non-hydrogen) atoms. The lowest BCUT2D eigenvalue weighted by Gasteiger charge is -2.23. The van der Waals surface area contributed by atoms with E-state index in [1.807, 2.05) is 31.2 Å². The minimum atomic E-state index is -0.317. The molecular formula is C17H14Cl3N3O. The van der Waals surface area contributed by atoms with Crippen molar-refractivity contribution in [2.75, 3.05) is 11.6 Å². The lowest BCUT2D eigenvalue weighted by Crippen LogP contribution is -2.41. The number of hydrogen-bond donors (Lipinski definition) is 1. The summed E-state index contributed by atoms with van der Waals surface area (Å²) in [5.74, 6) is -0.0185. The standard InChI is InChI=1S/C17H14Cl3N3O/c1-10(11-2-4-12(18)5-3-11)16-14(19)8-13(9-15(16)20)23-17(24)21-6-7-22-23/h2-5,7-10H,6H2,1H3,(H,21,24). The van der Waals surface area contributed by atoms with Gasteiger partial charge in [0.15, 0.2) is 0 Å². The normalized spacial score (nSPS) is 15.3. The molecule has 0 saturated heterocycles. The highest BCUT2D eigenvalue weighted by Gasteiger charge is 2.22. The summed E-state index contributed by atoms with van der Waals surface area (Å²) in [5, 5.41) is 9.61. The smallest absolute Gasteiger partial charge is 0.331 e. The van der Waals surface area contributed by atoms with E-state index in [0.717, 1.165) is 11.1 Å². The van der Waals surface area contributed by atoms with Gasteiger partial charge < -0.3 is 5.32 Å². The second-order valence-corrected chi connectivity index (χ2v) is 6.64. The summed E-state index contributed by atoms with van der Waals surface area (Å²) in [6.07, 6.45) is 1.60. The number of nitrogens with zero attached hydrogens (tertiary/aromatic N) is 2. The number of carbonyl (C=O) groups excluding carboxylic acids is 1. The number of benzene rings is 2. The van der Waals surface area contributed by atoms with Gasteiger partial charge in [-0.25, -0.2) is 4.79 Å². The molecule has 1 unspecified atom stereocenters. The van der Waals surface area contributed by atoms with E-state index >= 15 is 0 Å². The van der Waals surface area contributed by atoms with E-state index in [1.54, 1.807) is 18.3 Å². The zero-order chi connectivity index (χ0) is 17.3. The first-order valence-corrected chi connectivity index (χ1v) is 8.45. The topological polar surface area (TPSA) is 44.7 Å². The third kappa shape index (κ3) is 3.36. The number of carbonyl (C=O) groups is 1. The fourth-order valence-corrected chi connectivity index (χ4v) is 3.52. The fourth-order valence-electron chi connectivity index (χ4n) is 2.59. The van der Waals surface area contributed by atoms with Gasteiger partial charge in [0.05, 0.1) is 12.2 Å². The van der Waals surface area contributed by atoms with Gasteiger partial charge in [0.25, 0.3) is 0 Å². The minimum absolute atomic E-state index is 0.0185. The molecule has 3 rings (SSSR count). The van der Waals surface area contributed by atoms with E-state index in [2.05, 4.69) is 10.4 Å². The van der Waals surface area contributed by atoms with Crippen LogP contribution in [0.25, 0.3) is 0 Å². The average molecular weight is 383 g/mol. The Balaban J connectivity index is 1.98. The van der Waals surface area contributed by atoms with Crippen LogP contribution in [0.3, 0.4) is 0 Å². The molecule has 0 aromatic heterocycles. The first-order chi connectivity index (χ1) is 11.5. The molecule has 2 aromatic rings. The minimum Gasteiger partial charge on any atom is -0.331 e. The van der Waals surface area contributed by atoms with Gasteiger partial charge >= 0.3 is 6.03 Å². The van der Waals surface area contributed by atoms with E-state index in [1.165, 1.54) is 5.01 Å². The summed E-state index contributed by atoms with van der Waals surface area (Å²) < 4.78 is 0. The summed E-state index contributed by atoms with van der Waals surface area (Å²) >= 11 is 18.9. The highest BCUT2D eigenvalue weighted by Crippen LogP contribution is 2.39. The van der Waals surface area contributed by atoms with Gasteiger partial charge in [0.2, 0.25) is 0 Å². The van der Waals surface area contributed by atoms with Gasteiger partial charge in [0, 0.05) is 27.2 Å². The van der Waals surface area contributed by atoms with E-state index in [-0.39, 0.29) is 11.9 Å². The number of hydrogen-bond acceptors (Lipinski definition) is 2. The number of nitrogens with one attached hydrogen (secondary N) is 1. The maximum absolute atomic E-state index is 11.9. The van der Waals surface area contributed by atoms with Crippen molar-refractivity contribution in [3.8, 4) is 0 Å². The summed E-state index contributed by atoms with van der Waals surface area (Å²) in [5.41, 5.74) is 2.36. The van der Waals surface area contributed by atoms with E-state index in [9.17, 15) is 4.79 Å². The Morgan fingerprint density at radius 3 is 2.33 bits per heavy atom. The largest absolute Gasteiger partial charge is 0.342 e. The van der Waals surface area contributed by atoms with E-state index < -0.39 is 0 Å². The van der Waals surface area contributed by atoms with Gasteiger partial charge in [-0.1, -0.05) is 53.9 Å². The number of urea groups is 1. The van der Waals surface area contributed by atoms with Crippen LogP contribution in [0, 0.1) is 0 Å². The van der Waals surface area contributed by atoms with Crippen LogP contribution in [0.4, 0.5) is 10.5 Å². The number of halogens is 3. The molecule has 2 amide bonds. The Morgan fingerprint density at radius 2 is 1.75 bits per heavy atom.